The van der Waals surface area contributed by atoms with Gasteiger partial charge in [-0.15, -0.1) is 5.10 Å². The van der Waals surface area contributed by atoms with E-state index in [1.165, 1.54) is 16.4 Å². The summed E-state index contributed by atoms with van der Waals surface area (Å²) in [6.45, 7) is 4.83. The highest BCUT2D eigenvalue weighted by Crippen LogP contribution is 2.19. The van der Waals surface area contributed by atoms with E-state index in [2.05, 4.69) is 21.4 Å². The fraction of sp³-hybridized carbons (Fsp3) is 0.778. The third kappa shape index (κ3) is 2.29. The van der Waals surface area contributed by atoms with Crippen LogP contribution >= 0.6 is 11.5 Å². The van der Waals surface area contributed by atoms with Gasteiger partial charge in [0.1, 0.15) is 0 Å². The first-order valence-electron chi connectivity index (χ1n) is 4.92. The van der Waals surface area contributed by atoms with Gasteiger partial charge in [-0.1, -0.05) is 11.4 Å². The zero-order valence-corrected chi connectivity index (χ0v) is 9.07. The van der Waals surface area contributed by atoms with Crippen LogP contribution in [0.5, 0.6) is 0 Å². The summed E-state index contributed by atoms with van der Waals surface area (Å²) in [5.41, 5.74) is 0. The lowest BCUT2D eigenvalue weighted by molar-refractivity contribution is 0.0263. The number of nitrogens with zero attached hydrogens (tertiary/aromatic N) is 3. The molecule has 2 unspecified atom stereocenters. The van der Waals surface area contributed by atoms with Crippen LogP contribution < -0.4 is 0 Å². The van der Waals surface area contributed by atoms with E-state index in [1.54, 1.807) is 6.20 Å². The molecular formula is C9H15N3OS. The van der Waals surface area contributed by atoms with Gasteiger partial charge in [-0.2, -0.15) is 0 Å². The van der Waals surface area contributed by atoms with Gasteiger partial charge in [-0.3, -0.25) is 4.90 Å². The second kappa shape index (κ2) is 4.33. The highest BCUT2D eigenvalue weighted by atomic mass is 32.1. The second-order valence-corrected chi connectivity index (χ2v) is 4.82. The maximum Gasteiger partial charge on any atom is 0.0693 e. The Balaban J connectivity index is 1.88. The van der Waals surface area contributed by atoms with Crippen molar-refractivity contribution < 1.29 is 5.11 Å². The Morgan fingerprint density at radius 3 is 3.21 bits per heavy atom. The van der Waals surface area contributed by atoms with E-state index in [4.69, 9.17) is 0 Å². The van der Waals surface area contributed by atoms with Gasteiger partial charge in [0, 0.05) is 13.1 Å². The molecule has 5 heteroatoms. The summed E-state index contributed by atoms with van der Waals surface area (Å²) in [6, 6.07) is 0. The van der Waals surface area contributed by atoms with Crippen LogP contribution in [0.4, 0.5) is 0 Å². The maximum absolute atomic E-state index is 9.71. The monoisotopic (exact) mass is 213 g/mol. The molecule has 1 fully saturated rings. The van der Waals surface area contributed by atoms with E-state index in [9.17, 15) is 5.11 Å². The summed E-state index contributed by atoms with van der Waals surface area (Å²) in [7, 11) is 0. The topological polar surface area (TPSA) is 49.2 Å². The molecule has 1 aliphatic rings. The van der Waals surface area contributed by atoms with Crippen molar-refractivity contribution in [2.45, 2.75) is 26.0 Å². The van der Waals surface area contributed by atoms with E-state index < -0.39 is 0 Å². The molecule has 0 amide bonds. The first kappa shape index (κ1) is 10.0. The summed E-state index contributed by atoms with van der Waals surface area (Å²) >= 11 is 1.43. The van der Waals surface area contributed by atoms with Gasteiger partial charge in [0.25, 0.3) is 0 Å². The summed E-state index contributed by atoms with van der Waals surface area (Å²) in [5.74, 6) is 0.436. The number of likely N-dealkylation sites (tertiary alicyclic amines) is 1. The van der Waals surface area contributed by atoms with Gasteiger partial charge in [-0.05, 0) is 30.4 Å². The van der Waals surface area contributed by atoms with Crippen LogP contribution in [0.25, 0.3) is 0 Å². The van der Waals surface area contributed by atoms with Crippen molar-refractivity contribution in [2.75, 3.05) is 13.1 Å². The molecule has 2 rings (SSSR count). The van der Waals surface area contributed by atoms with Crippen LogP contribution in [-0.4, -0.2) is 38.8 Å². The van der Waals surface area contributed by atoms with Crippen LogP contribution in [-0.2, 0) is 6.54 Å². The summed E-state index contributed by atoms with van der Waals surface area (Å²) in [6.07, 6.45) is 2.70. The molecule has 2 atom stereocenters. The van der Waals surface area contributed by atoms with Crippen molar-refractivity contribution in [2.24, 2.45) is 5.92 Å². The molecule has 1 aromatic rings. The average molecular weight is 213 g/mol. The van der Waals surface area contributed by atoms with Crippen LogP contribution in [0.15, 0.2) is 6.20 Å². The molecule has 1 saturated heterocycles. The maximum atomic E-state index is 9.71. The molecule has 0 aromatic carbocycles. The fourth-order valence-electron chi connectivity index (χ4n) is 1.74. The quantitative estimate of drug-likeness (QED) is 0.787. The molecular weight excluding hydrogens is 198 g/mol. The lowest BCUT2D eigenvalue weighted by Gasteiger charge is -2.33. The number of hydrogen-bond donors (Lipinski definition) is 1. The molecule has 1 N–H and O–H groups in total. The van der Waals surface area contributed by atoms with Crippen LogP contribution in [0.2, 0.25) is 0 Å². The molecule has 0 spiro atoms. The molecule has 4 nitrogen and oxygen atoms in total. The molecule has 0 saturated carbocycles. The third-order valence-corrected chi connectivity index (χ3v) is 3.43. The Kier molecular flexibility index (Phi) is 3.10. The van der Waals surface area contributed by atoms with E-state index in [-0.39, 0.29) is 6.10 Å². The summed E-state index contributed by atoms with van der Waals surface area (Å²) in [5, 5.41) is 13.5. The first-order chi connectivity index (χ1) is 6.75. The molecule has 0 radical (unpaired) electrons. The Morgan fingerprint density at radius 2 is 2.57 bits per heavy atom. The smallest absolute Gasteiger partial charge is 0.0693 e. The molecule has 2 heterocycles. The predicted octanol–water partition coefficient (Wildman–Crippen LogP) is 0.741. The average Bonchev–Trinajstić information content (AvgIpc) is 2.64. The number of piperidine rings is 1. The number of rotatable bonds is 2. The SMILES string of the molecule is CC1CCN(Cc2cnns2)CC1O. The Labute approximate surface area is 87.7 Å². The van der Waals surface area contributed by atoms with E-state index in [1.807, 2.05) is 0 Å². The zero-order valence-electron chi connectivity index (χ0n) is 8.26. The van der Waals surface area contributed by atoms with Gasteiger partial charge in [-0.25, -0.2) is 0 Å². The highest BCUT2D eigenvalue weighted by molar-refractivity contribution is 7.05. The minimum absolute atomic E-state index is 0.176. The van der Waals surface area contributed by atoms with Crippen molar-refractivity contribution >= 4 is 11.5 Å². The highest BCUT2D eigenvalue weighted by Gasteiger charge is 2.24. The Morgan fingerprint density at radius 1 is 1.71 bits per heavy atom. The molecule has 1 aromatic heterocycles. The van der Waals surface area contributed by atoms with Crippen LogP contribution in [0, 0.1) is 5.92 Å². The van der Waals surface area contributed by atoms with Crippen molar-refractivity contribution in [3.63, 3.8) is 0 Å². The van der Waals surface area contributed by atoms with Crippen molar-refractivity contribution in [3.8, 4) is 0 Å². The van der Waals surface area contributed by atoms with E-state index in [0.717, 1.165) is 26.1 Å². The fourth-order valence-corrected chi connectivity index (χ4v) is 2.27. The summed E-state index contributed by atoms with van der Waals surface area (Å²) in [4.78, 5) is 3.44. The van der Waals surface area contributed by atoms with E-state index >= 15 is 0 Å². The molecule has 78 valence electrons. The minimum atomic E-state index is -0.176. The zero-order chi connectivity index (χ0) is 9.97. The Hall–Kier alpha value is -0.520. The normalized spacial score (nSPS) is 29.3. The van der Waals surface area contributed by atoms with E-state index in [0.29, 0.717) is 5.92 Å². The van der Waals surface area contributed by atoms with Gasteiger partial charge >= 0.3 is 0 Å². The van der Waals surface area contributed by atoms with Crippen molar-refractivity contribution in [1.29, 1.82) is 0 Å². The third-order valence-electron chi connectivity index (χ3n) is 2.79. The molecule has 14 heavy (non-hydrogen) atoms. The Bertz CT molecular complexity index is 278. The molecule has 0 aliphatic carbocycles. The van der Waals surface area contributed by atoms with Gasteiger partial charge in [0.05, 0.1) is 17.2 Å². The van der Waals surface area contributed by atoms with Crippen LogP contribution in [0.3, 0.4) is 0 Å². The number of β-amino-alcohol motifs (C(OH)–C–C–N with tert-alkyl or cyclic N) is 1. The summed E-state index contributed by atoms with van der Waals surface area (Å²) < 4.78 is 3.82. The number of hydrogen-bond acceptors (Lipinski definition) is 5. The van der Waals surface area contributed by atoms with Crippen molar-refractivity contribution in [1.82, 2.24) is 14.5 Å². The lowest BCUT2D eigenvalue weighted by atomic mass is 9.96. The number of aliphatic hydroxyl groups excluding tert-OH is 1. The standard InChI is InChI=1S/C9H15N3OS/c1-7-2-3-12(6-9(7)13)5-8-4-10-11-14-8/h4,7,9,13H,2-3,5-6H2,1H3. The van der Waals surface area contributed by atoms with Gasteiger partial charge < -0.3 is 5.11 Å². The molecule has 1 aliphatic heterocycles. The first-order valence-corrected chi connectivity index (χ1v) is 5.69. The molecule has 0 bridgehead atoms. The number of aromatic nitrogens is 2. The largest absolute Gasteiger partial charge is 0.392 e. The van der Waals surface area contributed by atoms with Crippen LogP contribution in [0.1, 0.15) is 18.2 Å². The minimum Gasteiger partial charge on any atom is -0.392 e. The second-order valence-electron chi connectivity index (χ2n) is 3.95. The van der Waals surface area contributed by atoms with Gasteiger partial charge in [0.15, 0.2) is 0 Å². The number of aliphatic hydroxyl groups is 1. The predicted molar refractivity (Wildman–Crippen MR) is 55.0 cm³/mol. The van der Waals surface area contributed by atoms with Gasteiger partial charge in [0.2, 0.25) is 0 Å². The lowest BCUT2D eigenvalue weighted by Crippen LogP contribution is -2.42. The van der Waals surface area contributed by atoms with Crippen molar-refractivity contribution in [3.05, 3.63) is 11.1 Å².